The van der Waals surface area contributed by atoms with Gasteiger partial charge in [-0.3, -0.25) is 4.40 Å². The van der Waals surface area contributed by atoms with Crippen LogP contribution in [0.1, 0.15) is 43.4 Å². The first-order chi connectivity index (χ1) is 12.2. The van der Waals surface area contributed by atoms with Crippen molar-refractivity contribution in [2.75, 3.05) is 11.9 Å². The van der Waals surface area contributed by atoms with Crippen molar-refractivity contribution < 1.29 is 0 Å². The SMILES string of the molecule is Cc1cc(C)n2c(NCCCCCCC#N)c(-c3ccc[nH]3)nc2c1. The third-order valence-electron chi connectivity index (χ3n) is 4.41. The average molecular weight is 335 g/mol. The van der Waals surface area contributed by atoms with Crippen LogP contribution in [-0.4, -0.2) is 20.9 Å². The summed E-state index contributed by atoms with van der Waals surface area (Å²) in [4.78, 5) is 8.12. The van der Waals surface area contributed by atoms with Crippen molar-refractivity contribution in [3.63, 3.8) is 0 Å². The predicted molar refractivity (Wildman–Crippen MR) is 102 cm³/mol. The van der Waals surface area contributed by atoms with Crippen molar-refractivity contribution in [3.8, 4) is 17.5 Å². The van der Waals surface area contributed by atoms with Crippen molar-refractivity contribution in [3.05, 3.63) is 41.7 Å². The molecule has 0 spiro atoms. The largest absolute Gasteiger partial charge is 0.369 e. The number of anilines is 1. The van der Waals surface area contributed by atoms with Crippen molar-refractivity contribution in [2.24, 2.45) is 0 Å². The molecule has 0 saturated carbocycles. The van der Waals surface area contributed by atoms with Gasteiger partial charge in [0, 0.05) is 24.9 Å². The summed E-state index contributed by atoms with van der Waals surface area (Å²) >= 11 is 0. The second kappa shape index (κ2) is 7.89. The van der Waals surface area contributed by atoms with Gasteiger partial charge >= 0.3 is 0 Å². The maximum Gasteiger partial charge on any atom is 0.140 e. The number of aromatic amines is 1. The number of hydrogen-bond acceptors (Lipinski definition) is 3. The summed E-state index contributed by atoms with van der Waals surface area (Å²) in [7, 11) is 0. The number of nitrogens with zero attached hydrogens (tertiary/aromatic N) is 3. The molecule has 3 rings (SSSR count). The van der Waals surface area contributed by atoms with Crippen LogP contribution in [0.25, 0.3) is 17.0 Å². The number of unbranched alkanes of at least 4 members (excludes halogenated alkanes) is 4. The van der Waals surface area contributed by atoms with Gasteiger partial charge in [-0.2, -0.15) is 5.26 Å². The summed E-state index contributed by atoms with van der Waals surface area (Å²) < 4.78 is 2.19. The molecule has 0 saturated heterocycles. The van der Waals surface area contributed by atoms with Crippen molar-refractivity contribution >= 4 is 11.5 Å². The Hall–Kier alpha value is -2.74. The molecule has 0 aromatic carbocycles. The van der Waals surface area contributed by atoms with Gasteiger partial charge in [0.25, 0.3) is 0 Å². The number of fused-ring (bicyclic) bond motifs is 1. The van der Waals surface area contributed by atoms with E-state index in [0.29, 0.717) is 6.42 Å². The summed E-state index contributed by atoms with van der Waals surface area (Å²) in [5, 5.41) is 12.2. The number of hydrogen-bond donors (Lipinski definition) is 2. The fourth-order valence-corrected chi connectivity index (χ4v) is 3.25. The molecule has 0 unspecified atom stereocenters. The zero-order valence-corrected chi connectivity index (χ0v) is 15.0. The third-order valence-corrected chi connectivity index (χ3v) is 4.41. The van der Waals surface area contributed by atoms with E-state index in [-0.39, 0.29) is 0 Å². The Balaban J connectivity index is 1.80. The first kappa shape index (κ1) is 17.1. The van der Waals surface area contributed by atoms with Gasteiger partial charge in [-0.25, -0.2) is 4.98 Å². The van der Waals surface area contributed by atoms with Gasteiger partial charge in [0.15, 0.2) is 0 Å². The van der Waals surface area contributed by atoms with E-state index in [4.69, 9.17) is 10.2 Å². The highest BCUT2D eigenvalue weighted by Crippen LogP contribution is 2.29. The monoisotopic (exact) mass is 335 g/mol. The molecule has 25 heavy (non-hydrogen) atoms. The number of H-pyrrole nitrogens is 1. The minimum Gasteiger partial charge on any atom is -0.369 e. The molecule has 0 atom stereocenters. The Morgan fingerprint density at radius 3 is 2.80 bits per heavy atom. The van der Waals surface area contributed by atoms with E-state index in [1.807, 2.05) is 12.3 Å². The summed E-state index contributed by atoms with van der Waals surface area (Å²) in [5.41, 5.74) is 5.35. The minimum atomic E-state index is 0.663. The van der Waals surface area contributed by atoms with Gasteiger partial charge in [0.1, 0.15) is 17.2 Å². The Labute approximate surface area is 148 Å². The lowest BCUT2D eigenvalue weighted by Crippen LogP contribution is -2.06. The van der Waals surface area contributed by atoms with Gasteiger partial charge in [0.05, 0.1) is 11.8 Å². The van der Waals surface area contributed by atoms with Gasteiger partial charge in [-0.05, 0) is 56.5 Å². The zero-order chi connectivity index (χ0) is 17.6. The molecule has 3 aromatic rings. The van der Waals surface area contributed by atoms with E-state index in [9.17, 15) is 0 Å². The predicted octanol–water partition coefficient (Wildman–Crippen LogP) is 4.83. The molecule has 0 aliphatic heterocycles. The summed E-state index contributed by atoms with van der Waals surface area (Å²) in [5.74, 6) is 1.05. The lowest BCUT2D eigenvalue weighted by molar-refractivity contribution is 0.663. The number of rotatable bonds is 8. The molecule has 130 valence electrons. The number of nitrogens with one attached hydrogen (secondary N) is 2. The maximum absolute atomic E-state index is 8.59. The molecular weight excluding hydrogens is 310 g/mol. The summed E-state index contributed by atoms with van der Waals surface area (Å²) in [6, 6.07) is 10.6. The van der Waals surface area contributed by atoms with Crippen LogP contribution in [0.2, 0.25) is 0 Å². The van der Waals surface area contributed by atoms with E-state index in [2.05, 4.69) is 52.8 Å². The van der Waals surface area contributed by atoms with Crippen molar-refractivity contribution in [1.82, 2.24) is 14.4 Å². The molecule has 2 N–H and O–H groups in total. The van der Waals surface area contributed by atoms with Crippen LogP contribution in [0.3, 0.4) is 0 Å². The first-order valence-corrected chi connectivity index (χ1v) is 8.95. The topological polar surface area (TPSA) is 68.9 Å². The van der Waals surface area contributed by atoms with Gasteiger partial charge in [-0.15, -0.1) is 0 Å². The fourth-order valence-electron chi connectivity index (χ4n) is 3.25. The molecule has 0 radical (unpaired) electrons. The second-order valence-corrected chi connectivity index (χ2v) is 6.51. The molecule has 0 aliphatic carbocycles. The third kappa shape index (κ3) is 3.85. The average Bonchev–Trinajstić information content (AvgIpc) is 3.21. The molecule has 5 nitrogen and oxygen atoms in total. The molecule has 3 heterocycles. The van der Waals surface area contributed by atoms with Gasteiger partial charge < -0.3 is 10.3 Å². The first-order valence-electron chi connectivity index (χ1n) is 8.95. The second-order valence-electron chi connectivity index (χ2n) is 6.51. The smallest absolute Gasteiger partial charge is 0.140 e. The van der Waals surface area contributed by atoms with E-state index in [1.54, 1.807) is 0 Å². The van der Waals surface area contributed by atoms with Crippen molar-refractivity contribution in [2.45, 2.75) is 46.0 Å². The number of aryl methyl sites for hydroxylation is 2. The van der Waals surface area contributed by atoms with E-state index in [1.165, 1.54) is 11.3 Å². The Morgan fingerprint density at radius 1 is 1.20 bits per heavy atom. The molecule has 3 aromatic heterocycles. The van der Waals surface area contributed by atoms with E-state index in [0.717, 1.165) is 55.1 Å². The van der Waals surface area contributed by atoms with E-state index < -0.39 is 0 Å². The molecular formula is C20H25N5. The van der Waals surface area contributed by atoms with Gasteiger partial charge in [-0.1, -0.05) is 12.8 Å². The number of nitriles is 1. The van der Waals surface area contributed by atoms with Crippen molar-refractivity contribution in [1.29, 1.82) is 5.26 Å². The molecule has 0 amide bonds. The maximum atomic E-state index is 8.59. The molecule has 5 heteroatoms. The van der Waals surface area contributed by atoms with Crippen LogP contribution >= 0.6 is 0 Å². The number of aromatic nitrogens is 3. The molecule has 0 aliphatic rings. The zero-order valence-electron chi connectivity index (χ0n) is 15.0. The highest BCUT2D eigenvalue weighted by Gasteiger charge is 2.16. The molecule has 0 fully saturated rings. The minimum absolute atomic E-state index is 0.663. The summed E-state index contributed by atoms with van der Waals surface area (Å²) in [6.45, 7) is 5.12. The van der Waals surface area contributed by atoms with Gasteiger partial charge in [0.2, 0.25) is 0 Å². The lowest BCUT2D eigenvalue weighted by Gasteiger charge is -2.10. The van der Waals surface area contributed by atoms with E-state index >= 15 is 0 Å². The normalized spacial score (nSPS) is 10.9. The number of pyridine rings is 1. The number of imidazole rings is 1. The lowest BCUT2D eigenvalue weighted by atomic mass is 10.1. The van der Waals surface area contributed by atoms with Crippen LogP contribution in [0.5, 0.6) is 0 Å². The van der Waals surface area contributed by atoms with Crippen LogP contribution in [-0.2, 0) is 0 Å². The fraction of sp³-hybridized carbons (Fsp3) is 0.400. The molecule has 0 bridgehead atoms. The standard InChI is InChI=1S/C20H25N5/c1-15-13-16(2)25-18(14-15)24-19(17-9-8-12-22-17)20(25)23-11-7-5-3-4-6-10-21/h8-9,12-14,22-23H,3-7,11H2,1-2H3. The van der Waals surface area contributed by atoms with Crippen LogP contribution in [0.15, 0.2) is 30.5 Å². The highest BCUT2D eigenvalue weighted by molar-refractivity contribution is 5.75. The Morgan fingerprint density at radius 2 is 2.04 bits per heavy atom. The summed E-state index contributed by atoms with van der Waals surface area (Å²) in [6.07, 6.45) is 6.93. The van der Waals surface area contributed by atoms with Crippen LogP contribution in [0, 0.1) is 25.2 Å². The van der Waals surface area contributed by atoms with Crippen LogP contribution in [0.4, 0.5) is 5.82 Å². The highest BCUT2D eigenvalue weighted by atomic mass is 15.1. The quantitative estimate of drug-likeness (QED) is 0.579. The van der Waals surface area contributed by atoms with Crippen LogP contribution < -0.4 is 5.32 Å². The Kier molecular flexibility index (Phi) is 5.39. The Bertz CT molecular complexity index is 868.